The number of fused-ring (bicyclic) bond motifs is 6. The Bertz CT molecular complexity index is 4130. The summed E-state index contributed by atoms with van der Waals surface area (Å²) in [7, 11) is 0. The van der Waals surface area contributed by atoms with Crippen molar-refractivity contribution in [2.75, 3.05) is 0 Å². The molecule has 72 heavy (non-hydrogen) atoms. The van der Waals surface area contributed by atoms with Gasteiger partial charge in [0.15, 0.2) is 11.5 Å². The summed E-state index contributed by atoms with van der Waals surface area (Å²) in [6.45, 7) is 8.03. The molecule has 3 heterocycles. The molecule has 0 amide bonds. The number of rotatable bonds is 8. The van der Waals surface area contributed by atoms with Gasteiger partial charge in [-0.25, -0.2) is 14.8 Å². The van der Waals surface area contributed by atoms with E-state index in [1.54, 1.807) is 0 Å². The fourth-order valence-electron chi connectivity index (χ4n) is 10.5. The molecule has 0 aliphatic rings. The topological polar surface area (TPSA) is 63.8 Å². The number of para-hydroxylation sites is 3. The molecule has 0 fully saturated rings. The lowest BCUT2D eigenvalue weighted by molar-refractivity contribution is 1.16. The summed E-state index contributed by atoms with van der Waals surface area (Å²) in [5.74, 6) is 0.618. The number of nitrogens with zero attached hydrogens (tertiary/aromatic N) is 6. The van der Waals surface area contributed by atoms with Crippen molar-refractivity contribution in [2.45, 2.75) is 0 Å². The van der Waals surface area contributed by atoms with Gasteiger partial charge in [0.1, 0.15) is 0 Å². The maximum atomic E-state index is 10.2. The van der Waals surface area contributed by atoms with Crippen LogP contribution in [0.4, 0.5) is 5.69 Å². The van der Waals surface area contributed by atoms with Gasteiger partial charge in [-0.05, 0) is 107 Å². The Morgan fingerprint density at radius 1 is 0.375 bits per heavy atom. The molecule has 10 aromatic carbocycles. The first kappa shape index (κ1) is 42.0. The predicted molar refractivity (Wildman–Crippen MR) is 294 cm³/mol. The van der Waals surface area contributed by atoms with E-state index in [2.05, 4.69) is 178 Å². The van der Waals surface area contributed by atoms with E-state index in [4.69, 9.17) is 16.5 Å². The van der Waals surface area contributed by atoms with Crippen molar-refractivity contribution in [1.82, 2.24) is 19.1 Å². The lowest BCUT2D eigenvalue weighted by Crippen LogP contribution is -2.01. The van der Waals surface area contributed by atoms with Crippen LogP contribution in [0.3, 0.4) is 0 Å². The summed E-state index contributed by atoms with van der Waals surface area (Å²) in [5, 5.41) is 14.7. The Hall–Kier alpha value is -10.1. The predicted octanol–water partition coefficient (Wildman–Crippen LogP) is 17.1. The first-order chi connectivity index (χ1) is 35.6. The molecule has 0 spiro atoms. The summed E-state index contributed by atoms with van der Waals surface area (Å²) >= 11 is 0. The van der Waals surface area contributed by atoms with E-state index in [1.807, 2.05) is 84.9 Å². The quantitative estimate of drug-likeness (QED) is 0.143. The Morgan fingerprint density at radius 3 is 1.53 bits per heavy atom. The number of aromatic nitrogens is 4. The summed E-state index contributed by atoms with van der Waals surface area (Å²) < 4.78 is 4.72. The third kappa shape index (κ3) is 7.10. The molecule has 0 bridgehead atoms. The molecule has 3 aromatic heterocycles. The lowest BCUT2D eigenvalue weighted by Gasteiger charge is -2.18. The molecule has 6 heteroatoms. The number of hydrogen-bond acceptors (Lipinski definition) is 3. The largest absolute Gasteiger partial charge is 0.309 e. The summed E-state index contributed by atoms with van der Waals surface area (Å²) in [6, 6.07) is 86.3. The van der Waals surface area contributed by atoms with Crippen LogP contribution in [0.2, 0.25) is 0 Å². The molecular formula is C66H40N6. The van der Waals surface area contributed by atoms with Gasteiger partial charge in [-0.1, -0.05) is 164 Å². The lowest BCUT2D eigenvalue weighted by atomic mass is 9.97. The highest BCUT2D eigenvalue weighted by molar-refractivity contribution is 6.13. The van der Waals surface area contributed by atoms with E-state index in [-0.39, 0.29) is 0 Å². The molecule has 334 valence electrons. The van der Waals surface area contributed by atoms with E-state index in [1.165, 1.54) is 10.8 Å². The van der Waals surface area contributed by atoms with Crippen molar-refractivity contribution in [2.24, 2.45) is 0 Å². The van der Waals surface area contributed by atoms with Crippen LogP contribution in [0.5, 0.6) is 0 Å². The van der Waals surface area contributed by atoms with Gasteiger partial charge in [0.05, 0.1) is 57.3 Å². The molecule has 0 aliphatic carbocycles. The molecule has 13 aromatic rings. The fourth-order valence-corrected chi connectivity index (χ4v) is 10.5. The van der Waals surface area contributed by atoms with E-state index >= 15 is 0 Å². The highest BCUT2D eigenvalue weighted by atomic mass is 15.0. The molecule has 0 N–H and O–H groups in total. The average Bonchev–Trinajstić information content (AvgIpc) is 3.97. The standard InChI is InChI=1S/C66H40N6/c1-68-58-28-13-10-25-52(58)47-32-35-65-57(39-47)56-38-46(51-24-9-8-21-49(51)42-67)31-34-64(56)72(65)63-36-33-48(66-69-59(43-17-4-2-5-18-43)41-60(70-66)44-19-6-3-7-20-44)40-55(63)45-22-16-23-50(37-45)71-61-29-14-11-26-53(61)54-27-12-15-30-62(54)71/h2-41H. The van der Waals surface area contributed by atoms with Gasteiger partial charge in [-0.15, -0.1) is 0 Å². The van der Waals surface area contributed by atoms with Crippen LogP contribution in [-0.2, 0) is 0 Å². The zero-order valence-corrected chi connectivity index (χ0v) is 38.8. The van der Waals surface area contributed by atoms with Gasteiger partial charge in [0.25, 0.3) is 0 Å². The Balaban J connectivity index is 1.09. The first-order valence-corrected chi connectivity index (χ1v) is 23.9. The van der Waals surface area contributed by atoms with Crippen LogP contribution in [0, 0.1) is 17.9 Å². The van der Waals surface area contributed by atoms with Gasteiger partial charge in [-0.3, -0.25) is 0 Å². The van der Waals surface area contributed by atoms with E-state index in [0.29, 0.717) is 17.1 Å². The normalized spacial score (nSPS) is 11.3. The maximum Gasteiger partial charge on any atom is 0.194 e. The fraction of sp³-hybridized carbons (Fsp3) is 0. The molecule has 13 rings (SSSR count). The van der Waals surface area contributed by atoms with Crippen molar-refractivity contribution in [3.8, 4) is 84.7 Å². The monoisotopic (exact) mass is 916 g/mol. The average molecular weight is 917 g/mol. The van der Waals surface area contributed by atoms with Gasteiger partial charge in [0, 0.05) is 49.5 Å². The van der Waals surface area contributed by atoms with Crippen molar-refractivity contribution < 1.29 is 0 Å². The van der Waals surface area contributed by atoms with Crippen LogP contribution >= 0.6 is 0 Å². The summed E-state index contributed by atoms with van der Waals surface area (Å²) in [5.41, 5.74) is 17.7. The Morgan fingerprint density at radius 2 is 0.889 bits per heavy atom. The molecule has 0 atom stereocenters. The van der Waals surface area contributed by atoms with Gasteiger partial charge in [0.2, 0.25) is 0 Å². The molecule has 0 saturated heterocycles. The smallest absolute Gasteiger partial charge is 0.194 e. The summed E-state index contributed by atoms with van der Waals surface area (Å²) in [4.78, 5) is 14.5. The molecule has 0 radical (unpaired) electrons. The third-order valence-corrected chi connectivity index (χ3v) is 13.8. The van der Waals surface area contributed by atoms with Crippen molar-refractivity contribution in [3.63, 3.8) is 0 Å². The summed E-state index contributed by atoms with van der Waals surface area (Å²) in [6.07, 6.45) is 0. The van der Waals surface area contributed by atoms with E-state index in [0.717, 1.165) is 106 Å². The highest BCUT2D eigenvalue weighted by Gasteiger charge is 2.22. The van der Waals surface area contributed by atoms with Crippen LogP contribution in [0.1, 0.15) is 5.56 Å². The van der Waals surface area contributed by atoms with Crippen LogP contribution < -0.4 is 0 Å². The van der Waals surface area contributed by atoms with Gasteiger partial charge >= 0.3 is 0 Å². The number of benzene rings is 10. The molecular weight excluding hydrogens is 877 g/mol. The van der Waals surface area contributed by atoms with Crippen molar-refractivity contribution >= 4 is 49.3 Å². The molecule has 0 aliphatic heterocycles. The third-order valence-electron chi connectivity index (χ3n) is 13.8. The van der Waals surface area contributed by atoms with Crippen LogP contribution in [0.25, 0.3) is 127 Å². The van der Waals surface area contributed by atoms with Crippen LogP contribution in [0.15, 0.2) is 243 Å². The molecule has 0 unspecified atom stereocenters. The van der Waals surface area contributed by atoms with Gasteiger partial charge < -0.3 is 9.13 Å². The minimum absolute atomic E-state index is 0.596. The highest BCUT2D eigenvalue weighted by Crippen LogP contribution is 2.43. The van der Waals surface area contributed by atoms with E-state index in [9.17, 15) is 5.26 Å². The number of nitriles is 1. The SMILES string of the molecule is [C-]#[N+]c1ccccc1-c1ccc2c(c1)c1cc(-c3ccccc3C#N)ccc1n2-c1ccc(-c2nc(-c3ccccc3)cc(-c3ccccc3)n2)cc1-c1cccc(-n2c3ccccc3c3ccccc32)c1. The van der Waals surface area contributed by atoms with Crippen molar-refractivity contribution in [1.29, 1.82) is 5.26 Å². The van der Waals surface area contributed by atoms with Gasteiger partial charge in [-0.2, -0.15) is 5.26 Å². The second-order valence-corrected chi connectivity index (χ2v) is 17.9. The zero-order valence-electron chi connectivity index (χ0n) is 38.8. The van der Waals surface area contributed by atoms with Crippen LogP contribution in [-0.4, -0.2) is 19.1 Å². The second kappa shape index (κ2) is 17.4. The minimum Gasteiger partial charge on any atom is -0.309 e. The Labute approximate surface area is 416 Å². The molecule has 6 nitrogen and oxygen atoms in total. The zero-order chi connectivity index (χ0) is 48.1. The minimum atomic E-state index is 0.596. The van der Waals surface area contributed by atoms with Crippen molar-refractivity contribution in [3.05, 3.63) is 260 Å². The number of hydrogen-bond donors (Lipinski definition) is 0. The Kier molecular flexibility index (Phi) is 10.2. The second-order valence-electron chi connectivity index (χ2n) is 17.9. The van der Waals surface area contributed by atoms with E-state index < -0.39 is 0 Å². The maximum absolute atomic E-state index is 10.2. The first-order valence-electron chi connectivity index (χ1n) is 23.9. The molecule has 0 saturated carbocycles.